The predicted octanol–water partition coefficient (Wildman–Crippen LogP) is 12.0. The van der Waals surface area contributed by atoms with Crippen LogP contribution in [0.25, 0.3) is 94.3 Å². The van der Waals surface area contributed by atoms with Crippen molar-refractivity contribution in [3.05, 3.63) is 142 Å². The predicted molar refractivity (Wildman–Crippen MR) is 203 cm³/mol. The number of hydrogen-bond donors (Lipinski definition) is 0. The van der Waals surface area contributed by atoms with Gasteiger partial charge in [0.1, 0.15) is 11.2 Å². The molecule has 7 heteroatoms. The molecule has 0 atom stereocenters. The van der Waals surface area contributed by atoms with Gasteiger partial charge in [0.25, 0.3) is 0 Å². The molecule has 0 saturated heterocycles. The topological polar surface area (TPSA) is 60.4 Å². The zero-order valence-electron chi connectivity index (χ0n) is 25.3. The molecule has 0 fully saturated rings. The van der Waals surface area contributed by atoms with Crippen molar-refractivity contribution in [1.82, 2.24) is 0 Å². The lowest BCUT2D eigenvalue weighted by atomic mass is 9.99. The van der Waals surface area contributed by atoms with E-state index in [9.17, 15) is 9.59 Å². The summed E-state index contributed by atoms with van der Waals surface area (Å²) in [7, 11) is 0. The zero-order chi connectivity index (χ0) is 32.1. The van der Waals surface area contributed by atoms with Crippen LogP contribution in [0.4, 0.5) is 0 Å². The molecule has 228 valence electrons. The molecule has 0 N–H and O–H groups in total. The summed E-state index contributed by atoms with van der Waals surface area (Å²) >= 11 is 5.12. The Labute approximate surface area is 284 Å². The SMILES string of the molecule is Cc1c(-c2cc3sc4cc(-c5cccc(-c6cc7ccc8ccccc8c7oc6=O)c5)sc4c3s2)c(=O)oc2ccc3ccccc3c12. The van der Waals surface area contributed by atoms with Crippen LogP contribution in [-0.4, -0.2) is 0 Å². The van der Waals surface area contributed by atoms with Crippen LogP contribution in [0.2, 0.25) is 0 Å². The van der Waals surface area contributed by atoms with Gasteiger partial charge in [0, 0.05) is 35.3 Å². The van der Waals surface area contributed by atoms with Crippen LogP contribution in [0.5, 0.6) is 0 Å². The maximum Gasteiger partial charge on any atom is 0.345 e. The Morgan fingerprint density at radius 2 is 1.21 bits per heavy atom. The molecule has 0 bridgehead atoms. The van der Waals surface area contributed by atoms with Crippen LogP contribution < -0.4 is 11.3 Å². The fourth-order valence-electron chi connectivity index (χ4n) is 6.93. The highest BCUT2D eigenvalue weighted by molar-refractivity contribution is 7.40. The van der Waals surface area contributed by atoms with Crippen LogP contribution >= 0.6 is 34.0 Å². The smallest absolute Gasteiger partial charge is 0.345 e. The highest BCUT2D eigenvalue weighted by Crippen LogP contribution is 2.48. The van der Waals surface area contributed by atoms with Crippen molar-refractivity contribution in [2.24, 2.45) is 0 Å². The van der Waals surface area contributed by atoms with Crippen molar-refractivity contribution in [2.45, 2.75) is 6.92 Å². The second-order valence-corrected chi connectivity index (χ2v) is 15.2. The van der Waals surface area contributed by atoms with Crippen LogP contribution in [0.15, 0.2) is 134 Å². The van der Waals surface area contributed by atoms with Gasteiger partial charge in [-0.15, -0.1) is 34.0 Å². The molecule has 0 aliphatic carbocycles. The summed E-state index contributed by atoms with van der Waals surface area (Å²) in [6.07, 6.45) is 0. The number of fused-ring (bicyclic) bond motifs is 9. The standard InChI is InChI=1S/C41H22O4S3/c1-21-35-27-11-4-2-7-22(27)15-16-30(35)44-41(43)36(21)32-20-34-39(48-32)38-33(46-34)19-31(47-38)25-10-6-9-24(17-25)29-18-26-14-13-23-8-3-5-12-28(23)37(26)45-40(29)42/h2-20H,1H3. The third kappa shape index (κ3) is 4.12. The average molecular weight is 675 g/mol. The van der Waals surface area contributed by atoms with Crippen LogP contribution in [0, 0.1) is 6.92 Å². The maximum absolute atomic E-state index is 13.4. The van der Waals surface area contributed by atoms with Crippen molar-refractivity contribution in [2.75, 3.05) is 0 Å². The van der Waals surface area contributed by atoms with Crippen molar-refractivity contribution >= 4 is 96.3 Å². The Hall–Kier alpha value is -5.34. The lowest BCUT2D eigenvalue weighted by molar-refractivity contribution is 0.563. The second kappa shape index (κ2) is 10.3. The minimum absolute atomic E-state index is 0.310. The van der Waals surface area contributed by atoms with Crippen molar-refractivity contribution in [3.63, 3.8) is 0 Å². The van der Waals surface area contributed by atoms with Gasteiger partial charge in [-0.2, -0.15) is 0 Å². The van der Waals surface area contributed by atoms with Gasteiger partial charge in [-0.3, -0.25) is 0 Å². The third-order valence-electron chi connectivity index (χ3n) is 9.20. The van der Waals surface area contributed by atoms with Gasteiger partial charge in [-0.1, -0.05) is 84.9 Å². The normalized spacial score (nSPS) is 12.0. The first-order chi connectivity index (χ1) is 23.5. The fraction of sp³-hybridized carbons (Fsp3) is 0.0244. The van der Waals surface area contributed by atoms with Crippen molar-refractivity contribution in [3.8, 4) is 32.0 Å². The Balaban J connectivity index is 1.06. The molecule has 5 aromatic carbocycles. The Morgan fingerprint density at radius 1 is 0.542 bits per heavy atom. The monoisotopic (exact) mass is 674 g/mol. The highest BCUT2D eigenvalue weighted by atomic mass is 32.1. The van der Waals surface area contributed by atoms with Crippen molar-refractivity contribution < 1.29 is 8.83 Å². The summed E-state index contributed by atoms with van der Waals surface area (Å²) < 4.78 is 16.5. The van der Waals surface area contributed by atoms with E-state index in [1.54, 1.807) is 34.0 Å². The van der Waals surface area contributed by atoms with E-state index in [2.05, 4.69) is 42.5 Å². The number of rotatable bonds is 3. The van der Waals surface area contributed by atoms with E-state index < -0.39 is 0 Å². The maximum atomic E-state index is 13.4. The van der Waals surface area contributed by atoms with Gasteiger partial charge < -0.3 is 8.83 Å². The molecular formula is C41H22O4S3. The van der Waals surface area contributed by atoms with E-state index in [0.29, 0.717) is 22.3 Å². The van der Waals surface area contributed by atoms with E-state index in [4.69, 9.17) is 8.83 Å². The molecule has 0 unspecified atom stereocenters. The first-order valence-electron chi connectivity index (χ1n) is 15.5. The molecule has 4 nitrogen and oxygen atoms in total. The quantitative estimate of drug-likeness (QED) is 0.138. The molecule has 0 saturated carbocycles. The first kappa shape index (κ1) is 27.7. The number of thiophene rings is 3. The summed E-state index contributed by atoms with van der Waals surface area (Å²) in [6.45, 7) is 2.03. The minimum atomic E-state index is -0.350. The molecule has 0 spiro atoms. The van der Waals surface area contributed by atoms with Crippen LogP contribution in [-0.2, 0) is 0 Å². The molecule has 0 aliphatic rings. The van der Waals surface area contributed by atoms with E-state index in [1.807, 2.05) is 79.7 Å². The number of benzene rings is 5. The van der Waals surface area contributed by atoms with Gasteiger partial charge in [-0.25, -0.2) is 9.59 Å². The molecule has 0 amide bonds. The Bertz CT molecular complexity index is 3080. The van der Waals surface area contributed by atoms with Gasteiger partial charge >= 0.3 is 11.3 Å². The molecule has 0 aliphatic heterocycles. The molecule has 10 rings (SSSR count). The average Bonchev–Trinajstić information content (AvgIpc) is 3.79. The summed E-state index contributed by atoms with van der Waals surface area (Å²) in [5.41, 5.74) is 4.55. The summed E-state index contributed by atoms with van der Waals surface area (Å²) in [6, 6.07) is 38.5. The van der Waals surface area contributed by atoms with Gasteiger partial charge in [0.05, 0.1) is 20.5 Å². The summed E-state index contributed by atoms with van der Waals surface area (Å²) in [5.74, 6) is 0. The van der Waals surface area contributed by atoms with E-state index in [0.717, 1.165) is 63.5 Å². The Morgan fingerprint density at radius 3 is 2.04 bits per heavy atom. The van der Waals surface area contributed by atoms with E-state index in [1.165, 1.54) is 14.1 Å². The summed E-state index contributed by atoms with van der Waals surface area (Å²) in [5, 5.41) is 6.04. The van der Waals surface area contributed by atoms with E-state index >= 15 is 0 Å². The minimum Gasteiger partial charge on any atom is -0.422 e. The van der Waals surface area contributed by atoms with Gasteiger partial charge in [-0.05, 0) is 70.1 Å². The molecular weight excluding hydrogens is 653 g/mol. The fourth-order valence-corrected chi connectivity index (χ4v) is 11.0. The highest BCUT2D eigenvalue weighted by Gasteiger charge is 2.21. The van der Waals surface area contributed by atoms with E-state index in [-0.39, 0.29) is 11.3 Å². The van der Waals surface area contributed by atoms with Crippen molar-refractivity contribution in [1.29, 1.82) is 0 Å². The number of hydrogen-bond acceptors (Lipinski definition) is 7. The van der Waals surface area contributed by atoms with Gasteiger partial charge in [0.2, 0.25) is 0 Å². The lowest BCUT2D eigenvalue weighted by Gasteiger charge is -2.09. The molecule has 5 heterocycles. The zero-order valence-corrected chi connectivity index (χ0v) is 27.8. The lowest BCUT2D eigenvalue weighted by Crippen LogP contribution is -2.05. The molecule has 10 aromatic rings. The molecule has 48 heavy (non-hydrogen) atoms. The Kier molecular flexibility index (Phi) is 5.97. The molecule has 5 aromatic heterocycles. The molecule has 0 radical (unpaired) electrons. The third-order valence-corrected chi connectivity index (χ3v) is 13.0. The largest absolute Gasteiger partial charge is 0.422 e. The number of aryl methyl sites for hydroxylation is 1. The van der Waals surface area contributed by atoms with Gasteiger partial charge in [0.15, 0.2) is 0 Å². The second-order valence-electron chi connectivity index (χ2n) is 12.0. The van der Waals surface area contributed by atoms with Crippen LogP contribution in [0.1, 0.15) is 5.56 Å². The first-order valence-corrected chi connectivity index (χ1v) is 17.9. The summed E-state index contributed by atoms with van der Waals surface area (Å²) in [4.78, 5) is 28.7. The van der Waals surface area contributed by atoms with Crippen LogP contribution in [0.3, 0.4) is 0 Å².